The van der Waals surface area contributed by atoms with Crippen LogP contribution in [0.15, 0.2) is 41.5 Å². The van der Waals surface area contributed by atoms with Crippen molar-refractivity contribution >= 4 is 17.7 Å². The molecule has 2 aromatic carbocycles. The van der Waals surface area contributed by atoms with Crippen LogP contribution in [0.2, 0.25) is 0 Å². The standard InChI is InChI=1S/C19H17F2N5O3/c1-11(27)23-9-15-10-26(19(28)29-15)14-4-5-16(18(21)7-14)12-2-3-13(8-24-25-22)17(20)6-12/h2-7,15H,8-10H2,1H3,(H,23,27). The molecule has 0 bridgehead atoms. The van der Waals surface area contributed by atoms with Gasteiger partial charge in [-0.3, -0.25) is 9.69 Å². The first-order chi connectivity index (χ1) is 13.9. The van der Waals surface area contributed by atoms with E-state index in [1.165, 1.54) is 42.2 Å². The number of halogens is 2. The van der Waals surface area contributed by atoms with Crippen LogP contribution >= 0.6 is 0 Å². The fourth-order valence-corrected chi connectivity index (χ4v) is 2.95. The number of hydrogen-bond acceptors (Lipinski definition) is 4. The summed E-state index contributed by atoms with van der Waals surface area (Å²) < 4.78 is 34.0. The Morgan fingerprint density at radius 2 is 2.10 bits per heavy atom. The summed E-state index contributed by atoms with van der Waals surface area (Å²) in [5, 5.41) is 5.87. The van der Waals surface area contributed by atoms with Gasteiger partial charge < -0.3 is 10.1 Å². The molecule has 1 aliphatic rings. The van der Waals surface area contributed by atoms with Gasteiger partial charge in [0, 0.05) is 17.4 Å². The maximum absolute atomic E-state index is 14.7. The van der Waals surface area contributed by atoms with Gasteiger partial charge in [0.2, 0.25) is 5.91 Å². The van der Waals surface area contributed by atoms with Crippen LogP contribution in [0, 0.1) is 11.6 Å². The fraction of sp³-hybridized carbons (Fsp3) is 0.263. The molecule has 150 valence electrons. The third kappa shape index (κ3) is 4.61. The molecule has 1 unspecified atom stereocenters. The van der Waals surface area contributed by atoms with Gasteiger partial charge in [-0.25, -0.2) is 13.6 Å². The summed E-state index contributed by atoms with van der Waals surface area (Å²) in [4.78, 5) is 26.9. The van der Waals surface area contributed by atoms with Gasteiger partial charge in [-0.15, -0.1) is 0 Å². The number of nitrogens with one attached hydrogen (secondary N) is 1. The summed E-state index contributed by atoms with van der Waals surface area (Å²) in [6.07, 6.45) is -1.17. The van der Waals surface area contributed by atoms with Crippen LogP contribution in [0.1, 0.15) is 12.5 Å². The van der Waals surface area contributed by atoms with Gasteiger partial charge in [0.15, 0.2) is 0 Å². The van der Waals surface area contributed by atoms with Crippen molar-refractivity contribution in [2.75, 3.05) is 18.0 Å². The van der Waals surface area contributed by atoms with E-state index in [9.17, 15) is 18.4 Å². The molecule has 1 saturated heterocycles. The summed E-state index contributed by atoms with van der Waals surface area (Å²) >= 11 is 0. The second kappa shape index (κ2) is 8.57. The first-order valence-electron chi connectivity index (χ1n) is 8.71. The van der Waals surface area contributed by atoms with Gasteiger partial charge in [0.05, 0.1) is 25.3 Å². The molecule has 0 saturated carbocycles. The maximum Gasteiger partial charge on any atom is 0.414 e. The van der Waals surface area contributed by atoms with Crippen LogP contribution in [0.4, 0.5) is 19.3 Å². The predicted molar refractivity (Wildman–Crippen MR) is 101 cm³/mol. The van der Waals surface area contributed by atoms with Crippen molar-refractivity contribution in [1.29, 1.82) is 0 Å². The number of anilines is 1. The Bertz CT molecular complexity index is 1010. The molecule has 0 aliphatic carbocycles. The van der Waals surface area contributed by atoms with E-state index in [1.54, 1.807) is 0 Å². The number of carbonyl (C=O) groups is 2. The second-order valence-electron chi connectivity index (χ2n) is 6.41. The monoisotopic (exact) mass is 401 g/mol. The number of ether oxygens (including phenoxy) is 1. The highest BCUT2D eigenvalue weighted by molar-refractivity contribution is 5.90. The molecular formula is C19H17F2N5O3. The molecule has 8 nitrogen and oxygen atoms in total. The molecular weight excluding hydrogens is 384 g/mol. The van der Waals surface area contributed by atoms with E-state index in [-0.39, 0.29) is 36.7 Å². The number of carbonyl (C=O) groups excluding carboxylic acids is 2. The number of azide groups is 1. The quantitative estimate of drug-likeness (QED) is 0.450. The Kier molecular flexibility index (Phi) is 5.94. The van der Waals surface area contributed by atoms with E-state index in [2.05, 4.69) is 15.3 Å². The van der Waals surface area contributed by atoms with E-state index in [0.717, 1.165) is 6.07 Å². The maximum atomic E-state index is 14.7. The Hall–Kier alpha value is -3.65. The van der Waals surface area contributed by atoms with E-state index < -0.39 is 23.8 Å². The smallest absolute Gasteiger partial charge is 0.414 e. The molecule has 29 heavy (non-hydrogen) atoms. The highest BCUT2D eigenvalue weighted by Gasteiger charge is 2.32. The first kappa shape index (κ1) is 20.1. The minimum Gasteiger partial charge on any atom is -0.442 e. The van der Waals surface area contributed by atoms with Crippen molar-refractivity contribution < 1.29 is 23.1 Å². The normalized spacial score (nSPS) is 15.6. The first-order valence-corrected chi connectivity index (χ1v) is 8.71. The van der Waals surface area contributed by atoms with E-state index in [1.807, 2.05) is 0 Å². The fourth-order valence-electron chi connectivity index (χ4n) is 2.95. The summed E-state index contributed by atoms with van der Waals surface area (Å²) in [7, 11) is 0. The van der Waals surface area contributed by atoms with Crippen molar-refractivity contribution in [1.82, 2.24) is 5.32 Å². The SMILES string of the molecule is CC(=O)NCC1CN(c2ccc(-c3ccc(CN=[N+]=[N-])c(F)c3)c(F)c2)C(=O)O1. The van der Waals surface area contributed by atoms with Crippen molar-refractivity contribution in [3.05, 3.63) is 64.0 Å². The van der Waals surface area contributed by atoms with Crippen LogP contribution < -0.4 is 10.2 Å². The van der Waals surface area contributed by atoms with Crippen LogP contribution in [0.5, 0.6) is 0 Å². The van der Waals surface area contributed by atoms with Crippen LogP contribution in [-0.2, 0) is 16.1 Å². The number of benzene rings is 2. The molecule has 1 fully saturated rings. The summed E-state index contributed by atoms with van der Waals surface area (Å²) in [5.74, 6) is -1.49. The van der Waals surface area contributed by atoms with Gasteiger partial charge in [-0.1, -0.05) is 17.2 Å². The molecule has 0 radical (unpaired) electrons. The Morgan fingerprint density at radius 3 is 2.76 bits per heavy atom. The van der Waals surface area contributed by atoms with E-state index >= 15 is 0 Å². The summed E-state index contributed by atoms with van der Waals surface area (Å²) in [5.41, 5.74) is 9.29. The zero-order chi connectivity index (χ0) is 21.0. The van der Waals surface area contributed by atoms with Gasteiger partial charge in [-0.2, -0.15) is 0 Å². The largest absolute Gasteiger partial charge is 0.442 e. The molecule has 0 spiro atoms. The van der Waals surface area contributed by atoms with Crippen molar-refractivity contribution in [3.63, 3.8) is 0 Å². The second-order valence-corrected chi connectivity index (χ2v) is 6.41. The molecule has 0 aromatic heterocycles. The lowest BCUT2D eigenvalue weighted by Crippen LogP contribution is -2.33. The van der Waals surface area contributed by atoms with Gasteiger partial charge >= 0.3 is 6.09 Å². The lowest BCUT2D eigenvalue weighted by molar-refractivity contribution is -0.119. The van der Waals surface area contributed by atoms with Crippen LogP contribution in [-0.4, -0.2) is 31.2 Å². The average molecular weight is 401 g/mol. The molecule has 10 heteroatoms. The number of cyclic esters (lactones) is 1. The Morgan fingerprint density at radius 1 is 1.31 bits per heavy atom. The highest BCUT2D eigenvalue weighted by Crippen LogP contribution is 2.30. The van der Waals surface area contributed by atoms with Crippen LogP contribution in [0.25, 0.3) is 21.6 Å². The average Bonchev–Trinajstić information content (AvgIpc) is 3.06. The third-order valence-corrected chi connectivity index (χ3v) is 4.39. The lowest BCUT2D eigenvalue weighted by Gasteiger charge is -2.15. The van der Waals surface area contributed by atoms with E-state index in [4.69, 9.17) is 10.3 Å². The van der Waals surface area contributed by atoms with Crippen molar-refractivity contribution in [2.45, 2.75) is 19.6 Å². The molecule has 2 amide bonds. The minimum absolute atomic E-state index is 0.138. The van der Waals surface area contributed by atoms with Crippen molar-refractivity contribution in [2.24, 2.45) is 5.11 Å². The molecule has 1 N–H and O–H groups in total. The Balaban J connectivity index is 1.78. The molecule has 1 aliphatic heterocycles. The number of hydrogen-bond donors (Lipinski definition) is 1. The van der Waals surface area contributed by atoms with Crippen LogP contribution in [0.3, 0.4) is 0 Å². The zero-order valence-corrected chi connectivity index (χ0v) is 15.4. The molecule has 1 heterocycles. The molecule has 3 rings (SSSR count). The molecule has 1 atom stereocenters. The van der Waals surface area contributed by atoms with Gasteiger partial charge in [-0.05, 0) is 40.9 Å². The molecule has 2 aromatic rings. The zero-order valence-electron chi connectivity index (χ0n) is 15.4. The van der Waals surface area contributed by atoms with Crippen molar-refractivity contribution in [3.8, 4) is 11.1 Å². The number of amides is 2. The van der Waals surface area contributed by atoms with Gasteiger partial charge in [0.25, 0.3) is 0 Å². The third-order valence-electron chi connectivity index (χ3n) is 4.39. The summed E-state index contributed by atoms with van der Waals surface area (Å²) in [6.45, 7) is 1.55. The van der Waals surface area contributed by atoms with Gasteiger partial charge in [0.1, 0.15) is 17.7 Å². The number of nitrogens with zero attached hydrogens (tertiary/aromatic N) is 4. The number of rotatable bonds is 6. The Labute approximate surface area is 164 Å². The van der Waals surface area contributed by atoms with E-state index in [0.29, 0.717) is 11.3 Å². The topological polar surface area (TPSA) is 107 Å². The predicted octanol–water partition coefficient (Wildman–Crippen LogP) is 3.90. The lowest BCUT2D eigenvalue weighted by atomic mass is 10.0. The summed E-state index contributed by atoms with van der Waals surface area (Å²) in [6, 6.07) is 8.26. The minimum atomic E-state index is -0.638. The highest BCUT2D eigenvalue weighted by atomic mass is 19.1.